The van der Waals surface area contributed by atoms with Gasteiger partial charge in [-0.15, -0.1) is 0 Å². The summed E-state index contributed by atoms with van der Waals surface area (Å²) in [6.07, 6.45) is 7.30. The number of anilines is 1. The Kier molecular flexibility index (Phi) is 5.95. The maximum absolute atomic E-state index is 11.9. The molecule has 0 atom stereocenters. The molecule has 1 aliphatic carbocycles. The van der Waals surface area contributed by atoms with Crippen molar-refractivity contribution in [3.8, 4) is 11.3 Å². The fraction of sp³-hybridized carbons (Fsp3) is 0.480. The average Bonchev–Trinajstić information content (AvgIpc) is 3.48. The van der Waals surface area contributed by atoms with Crippen LogP contribution in [0.4, 0.5) is 5.82 Å². The smallest absolute Gasteiger partial charge is 0.248 e. The number of hydrogen-bond acceptors (Lipinski definition) is 5. The number of aromatic nitrogens is 3. The summed E-state index contributed by atoms with van der Waals surface area (Å²) in [5.41, 5.74) is 10.1. The zero-order valence-corrected chi connectivity index (χ0v) is 19.4. The summed E-state index contributed by atoms with van der Waals surface area (Å²) < 4.78 is 2.06. The highest BCUT2D eigenvalue weighted by Crippen LogP contribution is 2.43. The first-order valence-electron chi connectivity index (χ1n) is 11.4. The maximum Gasteiger partial charge on any atom is 0.248 e. The number of imidazole rings is 1. The minimum atomic E-state index is -0.760. The Morgan fingerprint density at radius 3 is 2.72 bits per heavy atom. The lowest BCUT2D eigenvalue weighted by atomic mass is 9.98. The number of aryl methyl sites for hydroxylation is 1. The first-order chi connectivity index (χ1) is 15.1. The highest BCUT2D eigenvalue weighted by Gasteiger charge is 2.28. The number of carbonyl (C=O) groups excluding carboxylic acids is 1. The Hall–Kier alpha value is -2.93. The van der Waals surface area contributed by atoms with Crippen molar-refractivity contribution in [3.63, 3.8) is 0 Å². The van der Waals surface area contributed by atoms with Gasteiger partial charge in [-0.25, -0.2) is 9.97 Å². The molecular weight excluding hydrogens is 402 g/mol. The van der Waals surface area contributed by atoms with Crippen LogP contribution in [0.2, 0.25) is 0 Å². The molecule has 0 saturated heterocycles. The van der Waals surface area contributed by atoms with Gasteiger partial charge >= 0.3 is 0 Å². The van der Waals surface area contributed by atoms with Crippen LogP contribution in [-0.2, 0) is 6.42 Å². The number of benzene rings is 1. The predicted octanol–water partition coefficient (Wildman–Crippen LogP) is 4.14. The Bertz CT molecular complexity index is 1140. The van der Waals surface area contributed by atoms with Crippen LogP contribution in [0.1, 0.15) is 74.5 Å². The third-order valence-electron chi connectivity index (χ3n) is 5.84. The first kappa shape index (κ1) is 22.3. The summed E-state index contributed by atoms with van der Waals surface area (Å²) in [5, 5.41) is 13.6. The van der Waals surface area contributed by atoms with Crippen LogP contribution in [0.15, 0.2) is 30.6 Å². The van der Waals surface area contributed by atoms with Gasteiger partial charge in [0.2, 0.25) is 5.91 Å². The van der Waals surface area contributed by atoms with Crippen molar-refractivity contribution in [2.75, 3.05) is 11.9 Å². The van der Waals surface area contributed by atoms with Crippen LogP contribution in [-0.4, -0.2) is 37.5 Å². The number of fused-ring (bicyclic) bond motifs is 1. The second-order valence-corrected chi connectivity index (χ2v) is 9.95. The minimum Gasteiger partial charge on any atom is -0.390 e. The molecule has 0 bridgehead atoms. The lowest BCUT2D eigenvalue weighted by Gasteiger charge is -2.17. The third-order valence-corrected chi connectivity index (χ3v) is 5.84. The Morgan fingerprint density at radius 1 is 1.34 bits per heavy atom. The number of nitrogens with zero attached hydrogens (tertiary/aromatic N) is 3. The van der Waals surface area contributed by atoms with E-state index in [-0.39, 0.29) is 5.91 Å². The second-order valence-electron chi connectivity index (χ2n) is 9.95. The van der Waals surface area contributed by atoms with Crippen LogP contribution >= 0.6 is 0 Å². The predicted molar refractivity (Wildman–Crippen MR) is 127 cm³/mol. The molecule has 1 fully saturated rings. The standard InChI is InChI=1S/C25H33N5O2/c1-15(2)12-27-23-24-28-13-21(30(24)14-18(29-23)9-10-25(3,4)32)17-7-8-19(22(26)31)20(11-17)16-5-6-16/h7-8,11,13-16,32H,5-6,9-10,12H2,1-4H3,(H2,26,31)(H,27,29). The van der Waals surface area contributed by atoms with Gasteiger partial charge < -0.3 is 16.2 Å². The van der Waals surface area contributed by atoms with E-state index in [1.54, 1.807) is 0 Å². The minimum absolute atomic E-state index is 0.380. The topological polar surface area (TPSA) is 106 Å². The summed E-state index contributed by atoms with van der Waals surface area (Å²) in [6.45, 7) is 8.72. The zero-order valence-electron chi connectivity index (χ0n) is 19.4. The molecule has 7 nitrogen and oxygen atoms in total. The molecule has 1 amide bonds. The summed E-state index contributed by atoms with van der Waals surface area (Å²) >= 11 is 0. The van der Waals surface area contributed by atoms with Crippen molar-refractivity contribution in [1.82, 2.24) is 14.4 Å². The zero-order chi connectivity index (χ0) is 23.0. The van der Waals surface area contributed by atoms with Crippen LogP contribution < -0.4 is 11.1 Å². The van der Waals surface area contributed by atoms with Gasteiger partial charge in [-0.1, -0.05) is 19.9 Å². The van der Waals surface area contributed by atoms with Gasteiger partial charge in [0.15, 0.2) is 11.5 Å². The summed E-state index contributed by atoms with van der Waals surface area (Å²) in [5.74, 6) is 1.24. The molecule has 32 heavy (non-hydrogen) atoms. The van der Waals surface area contributed by atoms with Crippen molar-refractivity contribution >= 4 is 17.4 Å². The molecule has 1 saturated carbocycles. The number of nitrogens with two attached hydrogens (primary N) is 1. The lowest BCUT2D eigenvalue weighted by Crippen LogP contribution is -2.20. The quantitative estimate of drug-likeness (QED) is 0.468. The monoisotopic (exact) mass is 435 g/mol. The molecule has 0 aliphatic heterocycles. The number of rotatable bonds is 9. The number of carbonyl (C=O) groups is 1. The van der Waals surface area contributed by atoms with Crippen LogP contribution in [0.3, 0.4) is 0 Å². The Morgan fingerprint density at radius 2 is 2.09 bits per heavy atom. The van der Waals surface area contributed by atoms with Crippen LogP contribution in [0, 0.1) is 5.92 Å². The van der Waals surface area contributed by atoms with E-state index >= 15 is 0 Å². The largest absolute Gasteiger partial charge is 0.390 e. The van der Waals surface area contributed by atoms with E-state index in [0.29, 0.717) is 30.2 Å². The van der Waals surface area contributed by atoms with E-state index < -0.39 is 5.60 Å². The normalized spacial score (nSPS) is 14.3. The van der Waals surface area contributed by atoms with Gasteiger partial charge in [-0.2, -0.15) is 0 Å². The summed E-state index contributed by atoms with van der Waals surface area (Å²) in [4.78, 5) is 21.4. The molecule has 3 aromatic rings. The van der Waals surface area contributed by atoms with E-state index in [2.05, 4.69) is 34.6 Å². The highest BCUT2D eigenvalue weighted by molar-refractivity contribution is 5.95. The first-order valence-corrected chi connectivity index (χ1v) is 11.4. The number of amides is 1. The molecule has 0 spiro atoms. The average molecular weight is 436 g/mol. The van der Waals surface area contributed by atoms with E-state index in [9.17, 15) is 9.90 Å². The molecule has 2 heterocycles. The van der Waals surface area contributed by atoms with E-state index in [1.807, 2.05) is 38.4 Å². The third kappa shape index (κ3) is 4.93. The summed E-state index contributed by atoms with van der Waals surface area (Å²) in [7, 11) is 0. The highest BCUT2D eigenvalue weighted by atomic mass is 16.3. The maximum atomic E-state index is 11.9. The van der Waals surface area contributed by atoms with Crippen LogP contribution in [0.25, 0.3) is 16.9 Å². The SMILES string of the molecule is CC(C)CNc1nc(CCC(C)(C)O)cn2c(-c3ccc(C(N)=O)c(C4CC4)c3)cnc12. The van der Waals surface area contributed by atoms with Gasteiger partial charge in [0.05, 0.1) is 23.2 Å². The van der Waals surface area contributed by atoms with Gasteiger partial charge in [-0.3, -0.25) is 9.20 Å². The molecule has 0 unspecified atom stereocenters. The summed E-state index contributed by atoms with van der Waals surface area (Å²) in [6, 6.07) is 5.85. The van der Waals surface area contributed by atoms with E-state index in [1.165, 1.54) is 0 Å². The van der Waals surface area contributed by atoms with E-state index in [4.69, 9.17) is 10.7 Å². The molecule has 7 heteroatoms. The number of aliphatic hydroxyl groups is 1. The molecule has 1 aliphatic rings. The number of nitrogens with one attached hydrogen (secondary N) is 1. The van der Waals surface area contributed by atoms with Gasteiger partial charge in [0, 0.05) is 23.9 Å². The molecule has 170 valence electrons. The second kappa shape index (κ2) is 8.54. The van der Waals surface area contributed by atoms with E-state index in [0.717, 1.165) is 53.4 Å². The molecule has 4 N–H and O–H groups in total. The van der Waals surface area contributed by atoms with Crippen molar-refractivity contribution < 1.29 is 9.90 Å². The molecule has 2 aromatic heterocycles. The van der Waals surface area contributed by atoms with Crippen molar-refractivity contribution in [2.45, 2.75) is 64.9 Å². The van der Waals surface area contributed by atoms with Crippen molar-refractivity contribution in [2.24, 2.45) is 11.7 Å². The van der Waals surface area contributed by atoms with Crippen molar-refractivity contribution in [3.05, 3.63) is 47.4 Å². The van der Waals surface area contributed by atoms with Gasteiger partial charge in [0.1, 0.15) is 0 Å². The van der Waals surface area contributed by atoms with Gasteiger partial charge in [0.25, 0.3) is 0 Å². The Balaban J connectivity index is 1.79. The molecule has 0 radical (unpaired) electrons. The lowest BCUT2D eigenvalue weighted by molar-refractivity contribution is 0.0711. The fourth-order valence-electron chi connectivity index (χ4n) is 3.90. The van der Waals surface area contributed by atoms with Crippen molar-refractivity contribution in [1.29, 1.82) is 0 Å². The molecule has 1 aromatic carbocycles. The fourth-order valence-corrected chi connectivity index (χ4v) is 3.90. The Labute approximate surface area is 189 Å². The number of primary amides is 1. The molecular formula is C25H33N5O2. The van der Waals surface area contributed by atoms with Gasteiger partial charge in [-0.05, 0) is 69.1 Å². The molecule has 4 rings (SSSR count). The number of hydrogen-bond donors (Lipinski definition) is 3. The van der Waals surface area contributed by atoms with Crippen LogP contribution in [0.5, 0.6) is 0 Å².